The van der Waals surface area contributed by atoms with Crippen molar-refractivity contribution in [3.05, 3.63) is 22.8 Å². The van der Waals surface area contributed by atoms with Gasteiger partial charge in [-0.2, -0.15) is 10.2 Å². The van der Waals surface area contributed by atoms with Crippen molar-refractivity contribution in [3.8, 4) is 16.8 Å². The fraction of sp³-hybridized carbons (Fsp3) is 0.462. The molecule has 19 heavy (non-hydrogen) atoms. The van der Waals surface area contributed by atoms with Gasteiger partial charge in [-0.25, -0.2) is 0 Å². The van der Waals surface area contributed by atoms with Crippen molar-refractivity contribution in [1.82, 2.24) is 10.1 Å². The Kier molecular flexibility index (Phi) is 3.09. The van der Waals surface area contributed by atoms with E-state index in [1.54, 1.807) is 13.2 Å². The SMILES string of the molecule is COC1(c2noc(-c3sccc3C#N)n2)CCCC1. The highest BCUT2D eigenvalue weighted by Crippen LogP contribution is 2.41. The largest absolute Gasteiger partial charge is 0.370 e. The summed E-state index contributed by atoms with van der Waals surface area (Å²) in [6.07, 6.45) is 4.05. The second kappa shape index (κ2) is 4.76. The zero-order chi connectivity index (χ0) is 13.3. The van der Waals surface area contributed by atoms with Crippen molar-refractivity contribution in [2.45, 2.75) is 31.3 Å². The molecule has 1 saturated carbocycles. The fourth-order valence-electron chi connectivity index (χ4n) is 2.53. The maximum atomic E-state index is 9.03. The standard InChI is InChI=1S/C13H13N3O2S/c1-17-13(5-2-3-6-13)12-15-11(18-16-12)10-9(8-14)4-7-19-10/h4,7H,2-3,5-6H2,1H3. The molecule has 1 aliphatic rings. The van der Waals surface area contributed by atoms with Gasteiger partial charge in [-0.15, -0.1) is 11.3 Å². The molecule has 2 aromatic rings. The summed E-state index contributed by atoms with van der Waals surface area (Å²) in [5.74, 6) is 1.00. The van der Waals surface area contributed by atoms with Crippen molar-refractivity contribution in [2.75, 3.05) is 7.11 Å². The van der Waals surface area contributed by atoms with Crippen LogP contribution in [-0.4, -0.2) is 17.3 Å². The molecule has 0 atom stereocenters. The summed E-state index contributed by atoms with van der Waals surface area (Å²) in [6, 6.07) is 3.88. The summed E-state index contributed by atoms with van der Waals surface area (Å²) in [6.45, 7) is 0. The van der Waals surface area contributed by atoms with Gasteiger partial charge in [0.05, 0.1) is 5.56 Å². The van der Waals surface area contributed by atoms with E-state index in [2.05, 4.69) is 16.2 Å². The van der Waals surface area contributed by atoms with E-state index >= 15 is 0 Å². The molecule has 1 fully saturated rings. The Morgan fingerprint density at radius 2 is 2.26 bits per heavy atom. The molecule has 5 nitrogen and oxygen atoms in total. The van der Waals surface area contributed by atoms with Crippen molar-refractivity contribution in [2.24, 2.45) is 0 Å². The maximum Gasteiger partial charge on any atom is 0.269 e. The van der Waals surface area contributed by atoms with E-state index in [-0.39, 0.29) is 0 Å². The molecule has 0 radical (unpaired) electrons. The third-order valence-electron chi connectivity index (χ3n) is 3.62. The minimum absolute atomic E-state index is 0.407. The minimum Gasteiger partial charge on any atom is -0.370 e. The number of aromatic nitrogens is 2. The van der Waals surface area contributed by atoms with Crippen molar-refractivity contribution < 1.29 is 9.26 Å². The lowest BCUT2D eigenvalue weighted by molar-refractivity contribution is -0.0178. The van der Waals surface area contributed by atoms with Gasteiger partial charge in [0.2, 0.25) is 5.82 Å². The summed E-state index contributed by atoms with van der Waals surface area (Å²) in [7, 11) is 1.69. The Morgan fingerprint density at radius 1 is 1.47 bits per heavy atom. The number of rotatable bonds is 3. The van der Waals surface area contributed by atoms with Crippen molar-refractivity contribution in [3.63, 3.8) is 0 Å². The lowest BCUT2D eigenvalue weighted by Crippen LogP contribution is -2.25. The van der Waals surface area contributed by atoms with E-state index < -0.39 is 5.60 Å². The van der Waals surface area contributed by atoms with Crippen LogP contribution in [0.4, 0.5) is 0 Å². The van der Waals surface area contributed by atoms with E-state index in [0.29, 0.717) is 17.3 Å². The van der Waals surface area contributed by atoms with E-state index in [4.69, 9.17) is 14.5 Å². The van der Waals surface area contributed by atoms with Crippen LogP contribution in [0, 0.1) is 11.3 Å². The van der Waals surface area contributed by atoms with Gasteiger partial charge in [0.15, 0.2) is 0 Å². The van der Waals surface area contributed by atoms with Crippen LogP contribution in [0.15, 0.2) is 16.0 Å². The first-order valence-electron chi connectivity index (χ1n) is 6.16. The Labute approximate surface area is 114 Å². The summed E-state index contributed by atoms with van der Waals surface area (Å²) in [5.41, 5.74) is 0.157. The van der Waals surface area contributed by atoms with Crippen LogP contribution in [-0.2, 0) is 10.3 Å². The van der Waals surface area contributed by atoms with Gasteiger partial charge in [-0.1, -0.05) is 5.16 Å². The summed E-state index contributed by atoms with van der Waals surface area (Å²) in [5, 5.41) is 14.9. The zero-order valence-corrected chi connectivity index (χ0v) is 11.4. The Balaban J connectivity index is 1.98. The maximum absolute atomic E-state index is 9.03. The monoisotopic (exact) mass is 275 g/mol. The average Bonchev–Trinajstić information content (AvgIpc) is 3.17. The van der Waals surface area contributed by atoms with Crippen molar-refractivity contribution >= 4 is 11.3 Å². The highest BCUT2D eigenvalue weighted by molar-refractivity contribution is 7.13. The lowest BCUT2D eigenvalue weighted by atomic mass is 10.0. The number of hydrogen-bond donors (Lipinski definition) is 0. The zero-order valence-electron chi connectivity index (χ0n) is 10.5. The summed E-state index contributed by atoms with van der Waals surface area (Å²) in [4.78, 5) is 5.17. The van der Waals surface area contributed by atoms with Crippen LogP contribution in [0.3, 0.4) is 0 Å². The van der Waals surface area contributed by atoms with Gasteiger partial charge in [-0.3, -0.25) is 0 Å². The van der Waals surface area contributed by atoms with Crippen LogP contribution < -0.4 is 0 Å². The van der Waals surface area contributed by atoms with Crippen molar-refractivity contribution in [1.29, 1.82) is 5.26 Å². The molecular formula is C13H13N3O2S. The molecule has 0 aliphatic heterocycles. The predicted octanol–water partition coefficient (Wildman–Crippen LogP) is 3.09. The molecular weight excluding hydrogens is 262 g/mol. The molecule has 0 unspecified atom stereocenters. The number of nitriles is 1. The van der Waals surface area contributed by atoms with Crippen LogP contribution in [0.25, 0.3) is 10.8 Å². The Bertz CT molecular complexity index is 620. The van der Waals surface area contributed by atoms with Gasteiger partial charge < -0.3 is 9.26 Å². The highest BCUT2D eigenvalue weighted by atomic mass is 32.1. The molecule has 0 aromatic carbocycles. The Morgan fingerprint density at radius 3 is 2.95 bits per heavy atom. The first-order chi connectivity index (χ1) is 9.29. The molecule has 2 heterocycles. The number of nitrogens with zero attached hydrogens (tertiary/aromatic N) is 3. The van der Waals surface area contributed by atoms with Crippen LogP contribution in [0.5, 0.6) is 0 Å². The highest BCUT2D eigenvalue weighted by Gasteiger charge is 2.40. The second-order valence-corrected chi connectivity index (χ2v) is 5.52. The van der Waals surface area contributed by atoms with Gasteiger partial charge in [-0.05, 0) is 37.1 Å². The quantitative estimate of drug-likeness (QED) is 0.860. The minimum atomic E-state index is -0.411. The number of ether oxygens (including phenoxy) is 1. The molecule has 0 saturated heterocycles. The summed E-state index contributed by atoms with van der Waals surface area (Å²) < 4.78 is 10.9. The third kappa shape index (κ3) is 1.95. The molecule has 6 heteroatoms. The molecule has 98 valence electrons. The van der Waals surface area contributed by atoms with Gasteiger partial charge in [0, 0.05) is 7.11 Å². The molecule has 0 N–H and O–H groups in total. The lowest BCUT2D eigenvalue weighted by Gasteiger charge is -2.22. The second-order valence-electron chi connectivity index (χ2n) is 4.60. The topological polar surface area (TPSA) is 71.9 Å². The molecule has 0 amide bonds. The third-order valence-corrected chi connectivity index (χ3v) is 4.52. The van der Waals surface area contributed by atoms with Gasteiger partial charge in [0.25, 0.3) is 5.89 Å². The van der Waals surface area contributed by atoms with E-state index in [0.717, 1.165) is 30.6 Å². The van der Waals surface area contributed by atoms with Crippen LogP contribution in [0.2, 0.25) is 0 Å². The smallest absolute Gasteiger partial charge is 0.269 e. The Hall–Kier alpha value is -1.71. The first kappa shape index (κ1) is 12.3. The van der Waals surface area contributed by atoms with E-state index in [9.17, 15) is 0 Å². The molecule has 1 aliphatic carbocycles. The van der Waals surface area contributed by atoms with Crippen LogP contribution >= 0.6 is 11.3 Å². The van der Waals surface area contributed by atoms with Gasteiger partial charge >= 0.3 is 0 Å². The van der Waals surface area contributed by atoms with E-state index in [1.807, 2.05) is 5.38 Å². The number of methoxy groups -OCH3 is 1. The fourth-order valence-corrected chi connectivity index (χ4v) is 3.29. The normalized spacial score (nSPS) is 17.5. The van der Waals surface area contributed by atoms with Gasteiger partial charge in [0.1, 0.15) is 16.5 Å². The van der Waals surface area contributed by atoms with E-state index in [1.165, 1.54) is 11.3 Å². The molecule has 2 aromatic heterocycles. The molecule has 3 rings (SSSR count). The average molecular weight is 275 g/mol. The number of hydrogen-bond acceptors (Lipinski definition) is 6. The van der Waals surface area contributed by atoms with Crippen LogP contribution in [0.1, 0.15) is 37.1 Å². The first-order valence-corrected chi connectivity index (χ1v) is 7.04. The summed E-state index contributed by atoms with van der Waals surface area (Å²) >= 11 is 1.43. The number of thiophene rings is 1. The predicted molar refractivity (Wildman–Crippen MR) is 69.5 cm³/mol. The molecule has 0 spiro atoms. The molecule has 0 bridgehead atoms.